The lowest BCUT2D eigenvalue weighted by atomic mass is 9.92. The van der Waals surface area contributed by atoms with E-state index in [0.29, 0.717) is 12.5 Å². The van der Waals surface area contributed by atoms with E-state index in [-0.39, 0.29) is 5.92 Å². The van der Waals surface area contributed by atoms with Crippen LogP contribution in [0.15, 0.2) is 4.52 Å². The number of rotatable bonds is 3. The predicted octanol–water partition coefficient (Wildman–Crippen LogP) is 0.799. The molecule has 0 saturated carbocycles. The minimum atomic E-state index is -0.407. The van der Waals surface area contributed by atoms with Crippen LogP contribution in [-0.4, -0.2) is 43.6 Å². The second kappa shape index (κ2) is 4.95. The van der Waals surface area contributed by atoms with Crippen LogP contribution in [0.5, 0.6) is 0 Å². The van der Waals surface area contributed by atoms with Crippen molar-refractivity contribution >= 4 is 0 Å². The van der Waals surface area contributed by atoms with Gasteiger partial charge in [-0.05, 0) is 32.4 Å². The molecule has 6 nitrogen and oxygen atoms in total. The summed E-state index contributed by atoms with van der Waals surface area (Å²) in [5, 5.41) is 7.42. The van der Waals surface area contributed by atoms with Crippen LogP contribution >= 0.6 is 0 Å². The van der Waals surface area contributed by atoms with Gasteiger partial charge in [-0.1, -0.05) is 5.16 Å². The first kappa shape index (κ1) is 12.1. The Balaban J connectivity index is 1.82. The zero-order valence-corrected chi connectivity index (χ0v) is 10.6. The number of aromatic nitrogens is 2. The van der Waals surface area contributed by atoms with E-state index in [1.54, 1.807) is 7.11 Å². The molecular weight excluding hydrogens is 234 g/mol. The van der Waals surface area contributed by atoms with Gasteiger partial charge in [0.15, 0.2) is 5.82 Å². The molecule has 2 fully saturated rings. The molecule has 0 bridgehead atoms. The quantitative estimate of drug-likeness (QED) is 0.859. The van der Waals surface area contributed by atoms with Gasteiger partial charge in [-0.2, -0.15) is 4.98 Å². The third kappa shape index (κ3) is 2.04. The SMILES string of the molecule is COC1(c2nc(C3CCOC3)no2)CCNCC1. The fourth-order valence-electron chi connectivity index (χ4n) is 2.66. The zero-order valence-electron chi connectivity index (χ0n) is 10.6. The molecule has 2 saturated heterocycles. The average molecular weight is 253 g/mol. The van der Waals surface area contributed by atoms with Crippen molar-refractivity contribution in [2.75, 3.05) is 33.4 Å². The van der Waals surface area contributed by atoms with Gasteiger partial charge in [0.05, 0.1) is 6.61 Å². The summed E-state index contributed by atoms with van der Waals surface area (Å²) in [6.07, 6.45) is 2.71. The highest BCUT2D eigenvalue weighted by atomic mass is 16.5. The largest absolute Gasteiger partial charge is 0.381 e. The third-order valence-electron chi connectivity index (χ3n) is 3.93. The van der Waals surface area contributed by atoms with Gasteiger partial charge in [0.25, 0.3) is 5.89 Å². The van der Waals surface area contributed by atoms with Crippen LogP contribution in [0.1, 0.15) is 36.9 Å². The molecule has 1 aromatic heterocycles. The monoisotopic (exact) mass is 253 g/mol. The number of nitrogens with zero attached hydrogens (tertiary/aromatic N) is 2. The van der Waals surface area contributed by atoms with Gasteiger partial charge in [0.1, 0.15) is 5.60 Å². The molecule has 0 aliphatic carbocycles. The van der Waals surface area contributed by atoms with Gasteiger partial charge in [0.2, 0.25) is 0 Å². The average Bonchev–Trinajstić information content (AvgIpc) is 3.10. The number of hydrogen-bond donors (Lipinski definition) is 1. The smallest absolute Gasteiger partial charge is 0.258 e. The fourth-order valence-corrected chi connectivity index (χ4v) is 2.66. The van der Waals surface area contributed by atoms with Crippen molar-refractivity contribution in [2.24, 2.45) is 0 Å². The molecule has 6 heteroatoms. The molecular formula is C12H19N3O3. The number of methoxy groups -OCH3 is 1. The molecule has 3 rings (SSSR count). The highest BCUT2D eigenvalue weighted by Crippen LogP contribution is 2.34. The van der Waals surface area contributed by atoms with E-state index in [2.05, 4.69) is 15.5 Å². The molecule has 0 aromatic carbocycles. The maximum Gasteiger partial charge on any atom is 0.258 e. The maximum atomic E-state index is 5.67. The van der Waals surface area contributed by atoms with Crippen LogP contribution in [0.25, 0.3) is 0 Å². The summed E-state index contributed by atoms with van der Waals surface area (Å²) in [5.74, 6) is 1.66. The maximum absolute atomic E-state index is 5.67. The zero-order chi connectivity index (χ0) is 12.4. The molecule has 1 N–H and O–H groups in total. The molecule has 0 radical (unpaired) electrons. The van der Waals surface area contributed by atoms with E-state index in [1.807, 2.05) is 0 Å². The van der Waals surface area contributed by atoms with Crippen molar-refractivity contribution < 1.29 is 14.0 Å². The Labute approximate surface area is 106 Å². The van der Waals surface area contributed by atoms with E-state index in [0.717, 1.165) is 44.8 Å². The third-order valence-corrected chi connectivity index (χ3v) is 3.93. The van der Waals surface area contributed by atoms with E-state index in [4.69, 9.17) is 14.0 Å². The van der Waals surface area contributed by atoms with Crippen LogP contribution < -0.4 is 5.32 Å². The molecule has 0 spiro atoms. The van der Waals surface area contributed by atoms with Gasteiger partial charge in [-0.15, -0.1) is 0 Å². The Morgan fingerprint density at radius 3 is 2.89 bits per heavy atom. The normalized spacial score (nSPS) is 27.5. The Morgan fingerprint density at radius 2 is 2.22 bits per heavy atom. The van der Waals surface area contributed by atoms with Crippen LogP contribution in [0.4, 0.5) is 0 Å². The van der Waals surface area contributed by atoms with E-state index in [9.17, 15) is 0 Å². The lowest BCUT2D eigenvalue weighted by molar-refractivity contribution is -0.0622. The first-order valence-corrected chi connectivity index (χ1v) is 6.52. The van der Waals surface area contributed by atoms with Crippen molar-refractivity contribution in [3.05, 3.63) is 11.7 Å². The van der Waals surface area contributed by atoms with Crippen LogP contribution in [-0.2, 0) is 15.1 Å². The minimum Gasteiger partial charge on any atom is -0.381 e. The van der Waals surface area contributed by atoms with E-state index in [1.165, 1.54) is 0 Å². The summed E-state index contributed by atoms with van der Waals surface area (Å²) in [6.45, 7) is 3.31. The number of nitrogens with one attached hydrogen (secondary N) is 1. The van der Waals surface area contributed by atoms with E-state index >= 15 is 0 Å². The Morgan fingerprint density at radius 1 is 1.39 bits per heavy atom. The van der Waals surface area contributed by atoms with Crippen molar-refractivity contribution in [2.45, 2.75) is 30.8 Å². The van der Waals surface area contributed by atoms with Gasteiger partial charge in [-0.3, -0.25) is 0 Å². The van der Waals surface area contributed by atoms with Crippen molar-refractivity contribution in [1.29, 1.82) is 0 Å². The molecule has 1 aromatic rings. The minimum absolute atomic E-state index is 0.276. The Hall–Kier alpha value is -0.980. The Bertz CT molecular complexity index is 395. The van der Waals surface area contributed by atoms with Gasteiger partial charge in [0, 0.05) is 19.6 Å². The number of ether oxygens (including phenoxy) is 2. The summed E-state index contributed by atoms with van der Waals surface area (Å²) in [6, 6.07) is 0. The van der Waals surface area contributed by atoms with Gasteiger partial charge < -0.3 is 19.3 Å². The second-order valence-corrected chi connectivity index (χ2v) is 4.97. The topological polar surface area (TPSA) is 69.4 Å². The summed E-state index contributed by atoms with van der Waals surface area (Å²) < 4.78 is 16.5. The molecule has 2 aliphatic rings. The molecule has 1 unspecified atom stereocenters. The van der Waals surface area contributed by atoms with Crippen molar-refractivity contribution in [3.63, 3.8) is 0 Å². The van der Waals surface area contributed by atoms with Gasteiger partial charge >= 0.3 is 0 Å². The number of piperidine rings is 1. The van der Waals surface area contributed by atoms with Crippen LogP contribution in [0, 0.1) is 0 Å². The van der Waals surface area contributed by atoms with Crippen molar-refractivity contribution in [1.82, 2.24) is 15.5 Å². The molecule has 100 valence electrons. The molecule has 2 aliphatic heterocycles. The van der Waals surface area contributed by atoms with Gasteiger partial charge in [-0.25, -0.2) is 0 Å². The molecule has 18 heavy (non-hydrogen) atoms. The summed E-state index contributed by atoms with van der Waals surface area (Å²) in [4.78, 5) is 4.55. The molecule has 0 amide bonds. The lowest BCUT2D eigenvalue weighted by Gasteiger charge is -2.32. The van der Waals surface area contributed by atoms with Crippen LogP contribution in [0.3, 0.4) is 0 Å². The first-order valence-electron chi connectivity index (χ1n) is 6.52. The molecule has 3 heterocycles. The Kier molecular flexibility index (Phi) is 3.32. The second-order valence-electron chi connectivity index (χ2n) is 4.97. The standard InChI is InChI=1S/C12H19N3O3/c1-16-12(3-5-13-6-4-12)11-14-10(15-18-11)9-2-7-17-8-9/h9,13H,2-8H2,1H3. The summed E-state index contributed by atoms with van der Waals surface area (Å²) >= 11 is 0. The lowest BCUT2D eigenvalue weighted by Crippen LogP contribution is -2.41. The fraction of sp³-hybridized carbons (Fsp3) is 0.833. The van der Waals surface area contributed by atoms with Crippen LogP contribution in [0.2, 0.25) is 0 Å². The first-order chi connectivity index (χ1) is 8.84. The predicted molar refractivity (Wildman–Crippen MR) is 63.3 cm³/mol. The van der Waals surface area contributed by atoms with E-state index < -0.39 is 5.60 Å². The highest BCUT2D eigenvalue weighted by Gasteiger charge is 2.40. The van der Waals surface area contributed by atoms with Crippen molar-refractivity contribution in [3.8, 4) is 0 Å². The number of hydrogen-bond acceptors (Lipinski definition) is 6. The summed E-state index contributed by atoms with van der Waals surface area (Å²) in [5.41, 5.74) is -0.407. The molecule has 1 atom stereocenters. The summed E-state index contributed by atoms with van der Waals surface area (Å²) in [7, 11) is 1.72. The highest BCUT2D eigenvalue weighted by molar-refractivity contribution is 5.05.